The van der Waals surface area contributed by atoms with Gasteiger partial charge in [-0.3, -0.25) is 4.79 Å². The molecular formula is C15H13ClO2. The monoisotopic (exact) mass is 260 g/mol. The molecule has 0 heterocycles. The largest absolute Gasteiger partial charge is 0.388 e. The standard InChI is InChI=1S/C15H13ClO2/c16-13-9-5-4-8-12(13)15(18)10-14(17)11-6-2-1-3-7-11/h1-9,15,18H,10H2. The third kappa shape index (κ3) is 2.97. The Labute approximate surface area is 111 Å². The van der Waals surface area contributed by atoms with Gasteiger partial charge in [0.2, 0.25) is 0 Å². The van der Waals surface area contributed by atoms with Crippen LogP contribution in [-0.2, 0) is 0 Å². The second-order valence-corrected chi connectivity index (χ2v) is 4.44. The lowest BCUT2D eigenvalue weighted by molar-refractivity contribution is 0.0880. The van der Waals surface area contributed by atoms with E-state index < -0.39 is 6.10 Å². The third-order valence-electron chi connectivity index (χ3n) is 2.74. The van der Waals surface area contributed by atoms with Crippen molar-refractivity contribution < 1.29 is 9.90 Å². The van der Waals surface area contributed by atoms with Crippen LogP contribution in [0.15, 0.2) is 54.6 Å². The Morgan fingerprint density at radius 3 is 2.33 bits per heavy atom. The quantitative estimate of drug-likeness (QED) is 0.852. The van der Waals surface area contributed by atoms with Gasteiger partial charge >= 0.3 is 0 Å². The molecule has 2 aromatic carbocycles. The van der Waals surface area contributed by atoms with Crippen LogP contribution >= 0.6 is 11.6 Å². The van der Waals surface area contributed by atoms with Gasteiger partial charge in [0.1, 0.15) is 0 Å². The highest BCUT2D eigenvalue weighted by atomic mass is 35.5. The van der Waals surface area contributed by atoms with Crippen LogP contribution in [0.4, 0.5) is 0 Å². The zero-order valence-electron chi connectivity index (χ0n) is 9.71. The minimum Gasteiger partial charge on any atom is -0.388 e. The molecule has 0 saturated carbocycles. The van der Waals surface area contributed by atoms with Crippen LogP contribution in [0, 0.1) is 0 Å². The van der Waals surface area contributed by atoms with E-state index in [1.807, 2.05) is 6.07 Å². The highest BCUT2D eigenvalue weighted by Crippen LogP contribution is 2.25. The SMILES string of the molecule is O=C(CC(O)c1ccccc1Cl)c1ccccc1. The van der Waals surface area contributed by atoms with Gasteiger partial charge in [0.25, 0.3) is 0 Å². The van der Waals surface area contributed by atoms with Crippen LogP contribution in [-0.4, -0.2) is 10.9 Å². The Bertz CT molecular complexity index is 537. The van der Waals surface area contributed by atoms with Crippen molar-refractivity contribution in [3.8, 4) is 0 Å². The van der Waals surface area contributed by atoms with Gasteiger partial charge in [0.05, 0.1) is 6.10 Å². The van der Waals surface area contributed by atoms with E-state index in [2.05, 4.69) is 0 Å². The minimum atomic E-state index is -0.869. The summed E-state index contributed by atoms with van der Waals surface area (Å²) in [5.41, 5.74) is 1.19. The van der Waals surface area contributed by atoms with Gasteiger partial charge in [0, 0.05) is 17.0 Å². The molecule has 1 unspecified atom stereocenters. The van der Waals surface area contributed by atoms with Gasteiger partial charge in [-0.25, -0.2) is 0 Å². The summed E-state index contributed by atoms with van der Waals surface area (Å²) in [7, 11) is 0. The maximum atomic E-state index is 11.9. The maximum absolute atomic E-state index is 11.9. The van der Waals surface area contributed by atoms with E-state index in [0.717, 1.165) is 0 Å². The lowest BCUT2D eigenvalue weighted by atomic mass is 10.0. The van der Waals surface area contributed by atoms with Crippen molar-refractivity contribution in [2.75, 3.05) is 0 Å². The second-order valence-electron chi connectivity index (χ2n) is 4.03. The molecule has 0 bridgehead atoms. The van der Waals surface area contributed by atoms with Gasteiger partial charge in [-0.1, -0.05) is 60.1 Å². The summed E-state index contributed by atoms with van der Waals surface area (Å²) >= 11 is 5.98. The Kier molecular flexibility index (Phi) is 4.13. The van der Waals surface area contributed by atoms with Crippen molar-refractivity contribution in [2.24, 2.45) is 0 Å². The van der Waals surface area contributed by atoms with Crippen molar-refractivity contribution in [2.45, 2.75) is 12.5 Å². The number of benzene rings is 2. The molecule has 0 aromatic heterocycles. The van der Waals surface area contributed by atoms with E-state index in [1.54, 1.807) is 48.5 Å². The summed E-state index contributed by atoms with van der Waals surface area (Å²) in [6, 6.07) is 15.9. The molecule has 0 aliphatic carbocycles. The molecule has 0 aliphatic heterocycles. The zero-order valence-corrected chi connectivity index (χ0v) is 10.5. The lowest BCUT2D eigenvalue weighted by Gasteiger charge is -2.11. The molecule has 0 aliphatic rings. The van der Waals surface area contributed by atoms with Gasteiger partial charge < -0.3 is 5.11 Å². The summed E-state index contributed by atoms with van der Waals surface area (Å²) in [5.74, 6) is -0.0944. The van der Waals surface area contributed by atoms with E-state index in [1.165, 1.54) is 0 Å². The normalized spacial score (nSPS) is 12.1. The van der Waals surface area contributed by atoms with Gasteiger partial charge in [-0.05, 0) is 11.6 Å². The number of carbonyl (C=O) groups excluding carboxylic acids is 1. The number of Topliss-reactive ketones (excluding diaryl/α,β-unsaturated/α-hetero) is 1. The molecule has 1 N–H and O–H groups in total. The highest BCUT2D eigenvalue weighted by Gasteiger charge is 2.16. The third-order valence-corrected chi connectivity index (χ3v) is 3.08. The molecule has 0 radical (unpaired) electrons. The van der Waals surface area contributed by atoms with Crippen LogP contribution in [0.2, 0.25) is 5.02 Å². The van der Waals surface area contributed by atoms with Crippen LogP contribution in [0.3, 0.4) is 0 Å². The molecule has 0 fully saturated rings. The summed E-state index contributed by atoms with van der Waals surface area (Å²) in [5, 5.41) is 10.5. The van der Waals surface area contributed by atoms with Crippen LogP contribution < -0.4 is 0 Å². The van der Waals surface area contributed by atoms with Crippen LogP contribution in [0.1, 0.15) is 28.4 Å². The number of ketones is 1. The first-order valence-electron chi connectivity index (χ1n) is 5.69. The minimum absolute atomic E-state index is 0.0355. The zero-order chi connectivity index (χ0) is 13.0. The van der Waals surface area contributed by atoms with Gasteiger partial charge in [0.15, 0.2) is 5.78 Å². The van der Waals surface area contributed by atoms with Gasteiger partial charge in [-0.15, -0.1) is 0 Å². The number of hydrogen-bond acceptors (Lipinski definition) is 2. The van der Waals surface area contributed by atoms with Crippen molar-refractivity contribution in [3.05, 3.63) is 70.7 Å². The van der Waals surface area contributed by atoms with E-state index in [4.69, 9.17) is 11.6 Å². The first-order valence-corrected chi connectivity index (χ1v) is 6.07. The Balaban J connectivity index is 2.11. The molecule has 18 heavy (non-hydrogen) atoms. The van der Waals surface area contributed by atoms with Crippen molar-refractivity contribution >= 4 is 17.4 Å². The molecule has 3 heteroatoms. The number of aliphatic hydroxyl groups excluding tert-OH is 1. The molecule has 0 amide bonds. The number of carbonyl (C=O) groups is 1. The number of halogens is 1. The lowest BCUT2D eigenvalue weighted by Crippen LogP contribution is -2.07. The molecule has 92 valence electrons. The molecular weight excluding hydrogens is 248 g/mol. The highest BCUT2D eigenvalue weighted by molar-refractivity contribution is 6.31. The molecule has 1 atom stereocenters. The summed E-state index contributed by atoms with van der Waals surface area (Å²) in [6.45, 7) is 0. The molecule has 0 spiro atoms. The van der Waals surface area contributed by atoms with E-state index >= 15 is 0 Å². The number of hydrogen-bond donors (Lipinski definition) is 1. The van der Waals surface area contributed by atoms with Gasteiger partial charge in [-0.2, -0.15) is 0 Å². The van der Waals surface area contributed by atoms with Crippen LogP contribution in [0.5, 0.6) is 0 Å². The van der Waals surface area contributed by atoms with Crippen molar-refractivity contribution in [1.29, 1.82) is 0 Å². The predicted molar refractivity (Wildman–Crippen MR) is 71.8 cm³/mol. The topological polar surface area (TPSA) is 37.3 Å². The first kappa shape index (κ1) is 12.8. The molecule has 2 nitrogen and oxygen atoms in total. The average Bonchev–Trinajstić information content (AvgIpc) is 2.40. The average molecular weight is 261 g/mol. The number of rotatable bonds is 4. The fraction of sp³-hybridized carbons (Fsp3) is 0.133. The smallest absolute Gasteiger partial charge is 0.165 e. The fourth-order valence-electron chi connectivity index (χ4n) is 1.77. The summed E-state index contributed by atoms with van der Waals surface area (Å²) < 4.78 is 0. The maximum Gasteiger partial charge on any atom is 0.165 e. The van der Waals surface area contributed by atoms with E-state index in [-0.39, 0.29) is 12.2 Å². The first-order chi connectivity index (χ1) is 8.68. The van der Waals surface area contributed by atoms with E-state index in [0.29, 0.717) is 16.1 Å². The molecule has 2 aromatic rings. The molecule has 2 rings (SSSR count). The van der Waals surface area contributed by atoms with Crippen LogP contribution in [0.25, 0.3) is 0 Å². The van der Waals surface area contributed by atoms with Crippen molar-refractivity contribution in [3.63, 3.8) is 0 Å². The molecule has 0 saturated heterocycles. The number of aliphatic hydroxyl groups is 1. The Morgan fingerprint density at radius 1 is 1.06 bits per heavy atom. The summed E-state index contributed by atoms with van der Waals surface area (Å²) in [6.07, 6.45) is -0.834. The Morgan fingerprint density at radius 2 is 1.67 bits per heavy atom. The summed E-state index contributed by atoms with van der Waals surface area (Å²) in [4.78, 5) is 11.9. The van der Waals surface area contributed by atoms with Crippen molar-refractivity contribution in [1.82, 2.24) is 0 Å². The fourth-order valence-corrected chi connectivity index (χ4v) is 2.03. The predicted octanol–water partition coefficient (Wildman–Crippen LogP) is 3.65. The second kappa shape index (κ2) is 5.80. The Hall–Kier alpha value is -1.64. The van der Waals surface area contributed by atoms with E-state index in [9.17, 15) is 9.90 Å².